The largest absolute Gasteiger partial charge is 0.507 e. The van der Waals surface area contributed by atoms with Crippen molar-refractivity contribution < 1.29 is 58.9 Å². The number of anilines is 1. The number of hydrogen-bond acceptors (Lipinski definition) is 15. The van der Waals surface area contributed by atoms with E-state index in [4.69, 9.17) is 18.9 Å². The highest BCUT2D eigenvalue weighted by atomic mass is 16.7. The molecule has 0 spiro atoms. The zero-order valence-corrected chi connectivity index (χ0v) is 36.1. The molecule has 9 atom stereocenters. The normalized spacial score (nSPS) is 31.9. The third-order valence-corrected chi connectivity index (χ3v) is 12.1. The number of allylic oxidation sites excluding steroid dienone is 3. The number of benzene rings is 2. The van der Waals surface area contributed by atoms with Gasteiger partial charge in [0.25, 0.3) is 11.7 Å². The molecule has 60 heavy (non-hydrogen) atoms. The van der Waals surface area contributed by atoms with Gasteiger partial charge in [-0.1, -0.05) is 45.9 Å². The quantitative estimate of drug-likeness (QED) is 0.106. The Morgan fingerprint density at radius 2 is 1.63 bits per heavy atom. The van der Waals surface area contributed by atoms with Gasteiger partial charge in [0.15, 0.2) is 5.75 Å². The molecule has 0 aromatic heterocycles. The number of phenolic OH excluding ortho intramolecular Hbond substituents is 3. The minimum atomic E-state index is -2.04. The fourth-order valence-electron chi connectivity index (χ4n) is 8.12. The van der Waals surface area contributed by atoms with Gasteiger partial charge in [-0.2, -0.15) is 5.10 Å². The van der Waals surface area contributed by atoms with Crippen molar-refractivity contribution in [2.45, 2.75) is 92.0 Å². The van der Waals surface area contributed by atoms with E-state index in [-0.39, 0.29) is 50.4 Å². The molecule has 6 rings (SSSR count). The van der Waals surface area contributed by atoms with Gasteiger partial charge in [0.2, 0.25) is 0 Å². The van der Waals surface area contributed by atoms with Gasteiger partial charge in [-0.05, 0) is 39.3 Å². The highest BCUT2D eigenvalue weighted by molar-refractivity contribution is 6.23. The number of carbonyl (C=O) groups excluding carboxylic acids is 3. The van der Waals surface area contributed by atoms with Crippen molar-refractivity contribution in [2.24, 2.45) is 28.8 Å². The van der Waals surface area contributed by atoms with Gasteiger partial charge in [-0.15, -0.1) is 0 Å². The molecule has 0 aliphatic carbocycles. The Morgan fingerprint density at radius 1 is 0.967 bits per heavy atom. The first-order chi connectivity index (χ1) is 28.2. The molecule has 2 aromatic rings. The fourth-order valence-corrected chi connectivity index (χ4v) is 8.12. The summed E-state index contributed by atoms with van der Waals surface area (Å²) in [5.41, 5.74) is -0.283. The van der Waals surface area contributed by atoms with Crippen LogP contribution < -0.4 is 10.1 Å². The minimum absolute atomic E-state index is 0.0596. The highest BCUT2D eigenvalue weighted by Gasteiger charge is 2.50. The summed E-state index contributed by atoms with van der Waals surface area (Å²) >= 11 is 0. The Hall–Kier alpha value is -5.16. The van der Waals surface area contributed by atoms with E-state index in [0.717, 1.165) is 13.1 Å². The number of hydrogen-bond donors (Lipinski definition) is 6. The molecule has 328 valence electrons. The number of carbonyl (C=O) groups is 3. The molecule has 0 radical (unpaired) electrons. The average molecular weight is 837 g/mol. The van der Waals surface area contributed by atoms with Crippen molar-refractivity contribution in [3.63, 3.8) is 0 Å². The van der Waals surface area contributed by atoms with Crippen LogP contribution in [0.1, 0.15) is 76.4 Å². The predicted octanol–water partition coefficient (Wildman–Crippen LogP) is 4.73. The number of nitrogens with zero attached hydrogens (tertiary/aromatic N) is 3. The van der Waals surface area contributed by atoms with Gasteiger partial charge in [-0.3, -0.25) is 19.4 Å². The van der Waals surface area contributed by atoms with Crippen LogP contribution in [0, 0.1) is 30.6 Å². The van der Waals surface area contributed by atoms with Gasteiger partial charge in [0, 0.05) is 81.4 Å². The van der Waals surface area contributed by atoms with E-state index >= 15 is 0 Å². The van der Waals surface area contributed by atoms with Crippen LogP contribution in [0.5, 0.6) is 23.0 Å². The lowest BCUT2D eigenvalue weighted by molar-refractivity contribution is -0.160. The topological polar surface area (TPSA) is 220 Å². The average Bonchev–Trinajstić information content (AvgIpc) is 3.48. The first-order valence-electron chi connectivity index (χ1n) is 20.3. The van der Waals surface area contributed by atoms with Crippen molar-refractivity contribution in [3.05, 3.63) is 52.8 Å². The minimum Gasteiger partial charge on any atom is -0.507 e. The van der Waals surface area contributed by atoms with Crippen molar-refractivity contribution in [1.82, 2.24) is 9.91 Å². The van der Waals surface area contributed by atoms with E-state index in [1.807, 2.05) is 14.0 Å². The fraction of sp³-hybridized carbons (Fsp3) is 0.545. The first kappa shape index (κ1) is 45.9. The molecule has 4 aliphatic rings. The molecule has 6 N–H and O–H groups in total. The van der Waals surface area contributed by atoms with Crippen LogP contribution in [0.25, 0.3) is 10.8 Å². The van der Waals surface area contributed by atoms with Crippen LogP contribution in [0.2, 0.25) is 0 Å². The highest BCUT2D eigenvalue weighted by Crippen LogP contribution is 2.55. The number of likely N-dealkylation sites (N-methyl/N-ethyl adjacent to an activating group) is 1. The second-order valence-electron chi connectivity index (χ2n) is 16.5. The zero-order valence-electron chi connectivity index (χ0n) is 36.1. The Labute approximate surface area is 350 Å². The maximum atomic E-state index is 14.5. The number of ketones is 1. The Bertz CT molecular complexity index is 2090. The summed E-state index contributed by atoms with van der Waals surface area (Å²) in [5.74, 6) is -8.03. The molecule has 16 nitrogen and oxygen atoms in total. The number of Topliss-reactive ketones (excluding diaryl/α,β-unsaturated/α-hetero) is 1. The van der Waals surface area contributed by atoms with E-state index in [1.165, 1.54) is 46.4 Å². The van der Waals surface area contributed by atoms with Crippen LogP contribution in [0.15, 0.2) is 41.2 Å². The van der Waals surface area contributed by atoms with Gasteiger partial charge in [0.1, 0.15) is 23.4 Å². The smallest absolute Gasteiger partial charge is 0.312 e. The molecular formula is C44H60N4O12. The van der Waals surface area contributed by atoms with E-state index in [0.29, 0.717) is 19.5 Å². The molecule has 1 amide bonds. The number of methoxy groups -OCH3 is 1. The molecule has 1 saturated heterocycles. The number of aliphatic hydroxyl groups is 2. The van der Waals surface area contributed by atoms with Gasteiger partial charge in [0.05, 0.1) is 53.0 Å². The molecule has 5 bridgehead atoms. The number of aliphatic hydroxyl groups excluding tert-OH is 2. The predicted molar refractivity (Wildman–Crippen MR) is 225 cm³/mol. The molecule has 1 fully saturated rings. The number of phenols is 3. The van der Waals surface area contributed by atoms with Gasteiger partial charge < -0.3 is 54.7 Å². The maximum absolute atomic E-state index is 14.5. The molecule has 4 heterocycles. The van der Waals surface area contributed by atoms with E-state index < -0.39 is 82.9 Å². The number of rotatable bonds is 4. The van der Waals surface area contributed by atoms with Crippen molar-refractivity contribution >= 4 is 40.3 Å². The number of ether oxygens (including phenoxy) is 4. The molecule has 4 aliphatic heterocycles. The summed E-state index contributed by atoms with van der Waals surface area (Å²) < 4.78 is 23.6. The second kappa shape index (κ2) is 18.6. The van der Waals surface area contributed by atoms with Crippen molar-refractivity contribution in [3.8, 4) is 23.0 Å². The lowest BCUT2D eigenvalue weighted by Gasteiger charge is -2.38. The number of piperazine rings is 1. The van der Waals surface area contributed by atoms with Gasteiger partial charge in [-0.25, -0.2) is 0 Å². The van der Waals surface area contributed by atoms with E-state index in [9.17, 15) is 39.9 Å². The number of fused-ring (bicyclic) bond motifs is 15. The summed E-state index contributed by atoms with van der Waals surface area (Å²) in [6.45, 7) is 15.3. The number of esters is 1. The second-order valence-corrected chi connectivity index (χ2v) is 16.5. The summed E-state index contributed by atoms with van der Waals surface area (Å²) in [5, 5.41) is 66.9. The number of aromatic hydroxyl groups is 3. The Kier molecular flexibility index (Phi) is 14.3. The van der Waals surface area contributed by atoms with Crippen LogP contribution >= 0.6 is 0 Å². The molecule has 2 unspecified atom stereocenters. The van der Waals surface area contributed by atoms with Crippen LogP contribution in [-0.4, -0.2) is 130 Å². The lowest BCUT2D eigenvalue weighted by Crippen LogP contribution is -2.46. The number of hydrazone groups is 1. The van der Waals surface area contributed by atoms with E-state index in [1.54, 1.807) is 50.9 Å². The summed E-state index contributed by atoms with van der Waals surface area (Å²) in [6, 6.07) is 0. The number of amides is 1. The molecule has 2 aromatic carbocycles. The summed E-state index contributed by atoms with van der Waals surface area (Å²) in [7, 11) is 3.43. The Morgan fingerprint density at radius 3 is 2.27 bits per heavy atom. The SMILES string of the molecule is CO[C@H]1/C=C/O[C@@]2(C)Oc3c(C)c(O)c4c(O)c(c(/C=N/N5CCN(C)CC5)c(O)c4c3C2=O)NC(=O)/C(C)=C\C=C/C[C@H](C)[C@H](O)[C@@H](C)C(O)C(C)[C@H](OC(C)=O)[C@@H]1C. The van der Waals surface area contributed by atoms with Gasteiger partial charge >= 0.3 is 11.8 Å². The molecule has 0 saturated carbocycles. The maximum Gasteiger partial charge on any atom is 0.312 e. The van der Waals surface area contributed by atoms with Crippen LogP contribution in [0.4, 0.5) is 5.69 Å². The summed E-state index contributed by atoms with van der Waals surface area (Å²) in [4.78, 5) is 42.7. The Balaban J connectivity index is 1.68. The van der Waals surface area contributed by atoms with Crippen molar-refractivity contribution in [1.29, 1.82) is 0 Å². The zero-order chi connectivity index (χ0) is 44.4. The van der Waals surface area contributed by atoms with E-state index in [2.05, 4.69) is 15.3 Å². The molecule has 16 heteroatoms. The third kappa shape index (κ3) is 9.11. The number of nitrogens with one attached hydrogen (secondary N) is 1. The first-order valence-corrected chi connectivity index (χ1v) is 20.3. The lowest BCUT2D eigenvalue weighted by atomic mass is 9.78. The van der Waals surface area contributed by atoms with Crippen LogP contribution in [-0.2, 0) is 23.8 Å². The van der Waals surface area contributed by atoms with Crippen LogP contribution in [0.3, 0.4) is 0 Å². The monoisotopic (exact) mass is 836 g/mol. The van der Waals surface area contributed by atoms with Crippen molar-refractivity contribution in [2.75, 3.05) is 45.7 Å². The third-order valence-electron chi connectivity index (χ3n) is 12.1. The standard InChI is InChI=1S/C44H60N4O12/c1-22-13-11-12-14-23(2)43(56)46-34-29(21-45-48-18-16-47(9)17-19-48)38(53)31-32(39(34)54)37(52)27(6)41-33(31)42(55)44(8,60-41)58-20-15-30(57-10)24(3)40(59-28(7)49)26(5)36(51)25(4)35(22)50/h11-12,14-15,20-22,24-26,30,35-36,40,50-54H,13,16-19H2,1-10H3,(H,46,56)/b12-11-,20-15+,23-14-,45-21+/t22-,24+,25+,26?,30-,35-,36?,40+,44-/m0/s1. The molecular weight excluding hydrogens is 776 g/mol. The summed E-state index contributed by atoms with van der Waals surface area (Å²) in [6.07, 6.45) is 5.61.